The number of hydrogen-bond acceptors (Lipinski definition) is 4. The number of carbonyl (C=O) groups is 1. The average Bonchev–Trinajstić information content (AvgIpc) is 2.24. The lowest BCUT2D eigenvalue weighted by molar-refractivity contribution is -0.123. The zero-order valence-corrected chi connectivity index (χ0v) is 9.00. The molecule has 0 aromatic rings. The quantitative estimate of drug-likeness (QED) is 0.522. The first-order valence-electron chi connectivity index (χ1n) is 4.28. The Hall–Kier alpha value is -0.690. The molecule has 2 rings (SSSR count). The van der Waals surface area contributed by atoms with Crippen LogP contribution in [0.2, 0.25) is 0 Å². The molecule has 0 aliphatic carbocycles. The number of carbonyl (C=O) groups excluding carboxylic acids is 1. The first-order valence-corrected chi connectivity index (χ1v) is 6.51. The van der Waals surface area contributed by atoms with Crippen molar-refractivity contribution >= 4 is 33.1 Å². The second-order valence-electron chi connectivity index (χ2n) is 3.69. The molecule has 0 aromatic carbocycles. The van der Waals surface area contributed by atoms with E-state index in [2.05, 4.69) is 10.6 Å². The van der Waals surface area contributed by atoms with Crippen molar-refractivity contribution in [3.05, 3.63) is 0 Å². The Labute approximate surface area is 87.2 Å². The largest absolute Gasteiger partial charge is 0.347 e. The third kappa shape index (κ3) is 1.50. The van der Waals surface area contributed by atoms with Gasteiger partial charge in [-0.15, -0.1) is 0 Å². The summed E-state index contributed by atoms with van der Waals surface area (Å²) in [5.41, 5.74) is -0.992. The molecule has 2 heterocycles. The first kappa shape index (κ1) is 9.85. The van der Waals surface area contributed by atoms with Crippen LogP contribution in [0.25, 0.3) is 0 Å². The fourth-order valence-corrected chi connectivity index (χ4v) is 4.03. The number of thiocarbonyl (C=S) groups is 1. The van der Waals surface area contributed by atoms with Gasteiger partial charge in [-0.25, -0.2) is 8.42 Å². The van der Waals surface area contributed by atoms with Gasteiger partial charge in [-0.1, -0.05) is 0 Å². The molecule has 1 unspecified atom stereocenters. The summed E-state index contributed by atoms with van der Waals surface area (Å²) in [6, 6.07) is 0. The van der Waals surface area contributed by atoms with Crippen LogP contribution in [0.1, 0.15) is 12.8 Å². The van der Waals surface area contributed by atoms with Crippen LogP contribution in [0.4, 0.5) is 0 Å². The molecule has 2 fully saturated rings. The van der Waals surface area contributed by atoms with Crippen LogP contribution in [0.15, 0.2) is 0 Å². The van der Waals surface area contributed by atoms with E-state index in [9.17, 15) is 13.2 Å². The second-order valence-corrected chi connectivity index (χ2v) is 6.28. The maximum absolute atomic E-state index is 11.5. The van der Waals surface area contributed by atoms with Crippen molar-refractivity contribution in [3.8, 4) is 0 Å². The molecule has 0 saturated carbocycles. The summed E-state index contributed by atoms with van der Waals surface area (Å²) in [5.74, 6) is -0.298. The van der Waals surface area contributed by atoms with Gasteiger partial charge in [0.2, 0.25) is 0 Å². The van der Waals surface area contributed by atoms with Crippen molar-refractivity contribution < 1.29 is 13.2 Å². The highest BCUT2D eigenvalue weighted by Crippen LogP contribution is 2.25. The number of amides is 1. The van der Waals surface area contributed by atoms with E-state index in [0.29, 0.717) is 12.8 Å². The summed E-state index contributed by atoms with van der Waals surface area (Å²) in [5, 5.41) is 5.43. The van der Waals surface area contributed by atoms with Crippen LogP contribution in [0, 0.1) is 0 Å². The van der Waals surface area contributed by atoms with Gasteiger partial charge >= 0.3 is 0 Å². The summed E-state index contributed by atoms with van der Waals surface area (Å²) in [6.45, 7) is 0. The third-order valence-corrected chi connectivity index (χ3v) is 4.59. The molecule has 2 aliphatic rings. The fraction of sp³-hybridized carbons (Fsp3) is 0.714. The SMILES string of the molecule is O=C1NC(=S)NC12CCCS(=O)(=O)C2. The normalized spacial score (nSPS) is 35.4. The van der Waals surface area contributed by atoms with Crippen molar-refractivity contribution in [1.29, 1.82) is 0 Å². The van der Waals surface area contributed by atoms with E-state index in [-0.39, 0.29) is 22.5 Å². The zero-order chi connectivity index (χ0) is 10.4. The highest BCUT2D eigenvalue weighted by atomic mass is 32.2. The number of rotatable bonds is 0. The van der Waals surface area contributed by atoms with Gasteiger partial charge in [-0.05, 0) is 25.1 Å². The second kappa shape index (κ2) is 2.90. The van der Waals surface area contributed by atoms with E-state index in [1.165, 1.54) is 0 Å². The third-order valence-electron chi connectivity index (χ3n) is 2.54. The standard InChI is InChI=1S/C7H10N2O3S2/c10-5-7(9-6(13)8-5)2-1-3-14(11,12)4-7/h1-4H2,(H2,8,9,10,13). The Bertz CT molecular complexity index is 403. The van der Waals surface area contributed by atoms with Crippen molar-refractivity contribution in [3.63, 3.8) is 0 Å². The van der Waals surface area contributed by atoms with Gasteiger partial charge in [0.1, 0.15) is 5.54 Å². The van der Waals surface area contributed by atoms with Crippen molar-refractivity contribution in [2.75, 3.05) is 11.5 Å². The minimum absolute atomic E-state index is 0.147. The topological polar surface area (TPSA) is 75.3 Å². The van der Waals surface area contributed by atoms with Crippen molar-refractivity contribution in [2.45, 2.75) is 18.4 Å². The monoisotopic (exact) mass is 234 g/mol. The molecule has 1 atom stereocenters. The van der Waals surface area contributed by atoms with E-state index in [1.54, 1.807) is 0 Å². The highest BCUT2D eigenvalue weighted by Gasteiger charge is 2.49. The zero-order valence-electron chi connectivity index (χ0n) is 7.37. The highest BCUT2D eigenvalue weighted by molar-refractivity contribution is 7.91. The van der Waals surface area contributed by atoms with Crippen LogP contribution in [-0.4, -0.2) is 36.5 Å². The molecule has 0 bridgehead atoms. The number of sulfone groups is 1. The minimum Gasteiger partial charge on any atom is -0.347 e. The van der Waals surface area contributed by atoms with Gasteiger partial charge in [0.05, 0.1) is 11.5 Å². The Morgan fingerprint density at radius 2 is 2.14 bits per heavy atom. The molecule has 2 N–H and O–H groups in total. The van der Waals surface area contributed by atoms with Gasteiger partial charge in [0, 0.05) is 0 Å². The van der Waals surface area contributed by atoms with Crippen molar-refractivity contribution in [2.24, 2.45) is 0 Å². The van der Waals surface area contributed by atoms with Crippen LogP contribution in [0.3, 0.4) is 0 Å². The molecule has 1 spiro atoms. The minimum atomic E-state index is -3.11. The van der Waals surface area contributed by atoms with E-state index >= 15 is 0 Å². The maximum atomic E-state index is 11.5. The summed E-state index contributed by atoms with van der Waals surface area (Å²) in [6.07, 6.45) is 1.03. The van der Waals surface area contributed by atoms with Gasteiger partial charge < -0.3 is 10.6 Å². The maximum Gasteiger partial charge on any atom is 0.252 e. The van der Waals surface area contributed by atoms with E-state index in [4.69, 9.17) is 12.2 Å². The van der Waals surface area contributed by atoms with Gasteiger partial charge in [-0.2, -0.15) is 0 Å². The molecular weight excluding hydrogens is 224 g/mol. The van der Waals surface area contributed by atoms with Crippen LogP contribution < -0.4 is 10.6 Å². The van der Waals surface area contributed by atoms with Crippen LogP contribution >= 0.6 is 12.2 Å². The number of nitrogens with one attached hydrogen (secondary N) is 2. The summed E-state index contributed by atoms with van der Waals surface area (Å²) in [4.78, 5) is 11.5. The molecule has 1 amide bonds. The predicted molar refractivity (Wildman–Crippen MR) is 54.5 cm³/mol. The Balaban J connectivity index is 2.33. The van der Waals surface area contributed by atoms with Crippen LogP contribution in [-0.2, 0) is 14.6 Å². The van der Waals surface area contributed by atoms with Gasteiger partial charge in [0.25, 0.3) is 5.91 Å². The Kier molecular flexibility index (Phi) is 2.04. The molecular formula is C7H10N2O3S2. The molecule has 14 heavy (non-hydrogen) atoms. The Morgan fingerprint density at radius 3 is 2.64 bits per heavy atom. The van der Waals surface area contributed by atoms with Crippen LogP contribution in [0.5, 0.6) is 0 Å². The summed E-state index contributed by atoms with van der Waals surface area (Å²) >= 11 is 4.79. The predicted octanol–water partition coefficient (Wildman–Crippen LogP) is -1.06. The Morgan fingerprint density at radius 1 is 1.43 bits per heavy atom. The summed E-state index contributed by atoms with van der Waals surface area (Å²) < 4.78 is 22.8. The molecule has 2 aliphatic heterocycles. The lowest BCUT2D eigenvalue weighted by Crippen LogP contribution is -2.55. The summed E-state index contributed by atoms with van der Waals surface area (Å²) in [7, 11) is -3.11. The molecule has 2 saturated heterocycles. The lowest BCUT2D eigenvalue weighted by Gasteiger charge is -2.29. The van der Waals surface area contributed by atoms with E-state index in [0.717, 1.165) is 0 Å². The molecule has 0 aromatic heterocycles. The lowest BCUT2D eigenvalue weighted by atomic mass is 9.96. The molecule has 78 valence electrons. The first-order chi connectivity index (χ1) is 6.44. The van der Waals surface area contributed by atoms with E-state index in [1.807, 2.05) is 0 Å². The smallest absolute Gasteiger partial charge is 0.252 e. The molecule has 0 radical (unpaired) electrons. The van der Waals surface area contributed by atoms with Gasteiger partial charge in [0.15, 0.2) is 14.9 Å². The molecule has 7 heteroatoms. The number of hydrogen-bond donors (Lipinski definition) is 2. The van der Waals surface area contributed by atoms with E-state index < -0.39 is 15.4 Å². The fourth-order valence-electron chi connectivity index (χ4n) is 1.92. The van der Waals surface area contributed by atoms with Crippen molar-refractivity contribution in [1.82, 2.24) is 10.6 Å². The average molecular weight is 234 g/mol. The molecule has 5 nitrogen and oxygen atoms in total. The van der Waals surface area contributed by atoms with Gasteiger partial charge in [-0.3, -0.25) is 4.79 Å².